The molecule has 1 aromatic rings. The normalized spacial score (nSPS) is 23.5. The average Bonchev–Trinajstić information content (AvgIpc) is 2.47. The van der Waals surface area contributed by atoms with Crippen molar-refractivity contribution in [1.29, 1.82) is 0 Å². The molecule has 0 N–H and O–H groups in total. The Balaban J connectivity index is 2.07. The number of nitrogens with zero attached hydrogens (tertiary/aromatic N) is 1. The Labute approximate surface area is 92.8 Å². The summed E-state index contributed by atoms with van der Waals surface area (Å²) in [6.07, 6.45) is 0.566. The van der Waals surface area contributed by atoms with E-state index >= 15 is 0 Å². The van der Waals surface area contributed by atoms with Crippen molar-refractivity contribution in [1.82, 2.24) is 4.90 Å². The third-order valence-corrected chi connectivity index (χ3v) is 3.02. The average molecular weight is 217 g/mol. The second kappa shape index (κ2) is 3.33. The molecule has 0 radical (unpaired) electrons. The van der Waals surface area contributed by atoms with E-state index in [0.717, 1.165) is 5.56 Å². The largest absolute Gasteiger partial charge is 0.437 e. The van der Waals surface area contributed by atoms with Gasteiger partial charge in [-0.2, -0.15) is 0 Å². The quantitative estimate of drug-likeness (QED) is 0.618. The molecule has 1 aromatic carbocycles. The molecule has 1 fully saturated rings. The molecule has 0 aliphatic carbocycles. The zero-order valence-corrected chi connectivity index (χ0v) is 8.68. The molecule has 16 heavy (non-hydrogen) atoms. The third kappa shape index (κ3) is 1.23. The second-order valence-corrected chi connectivity index (χ2v) is 4.03. The van der Waals surface area contributed by atoms with Gasteiger partial charge in [0.25, 0.3) is 5.91 Å². The minimum absolute atomic E-state index is 0.0321. The van der Waals surface area contributed by atoms with Gasteiger partial charge in [0.2, 0.25) is 6.23 Å². The fourth-order valence-electron chi connectivity index (χ4n) is 2.26. The van der Waals surface area contributed by atoms with Crippen LogP contribution in [0.4, 0.5) is 0 Å². The number of rotatable bonds is 0. The Morgan fingerprint density at radius 2 is 2.06 bits per heavy atom. The first-order valence-corrected chi connectivity index (χ1v) is 5.37. The van der Waals surface area contributed by atoms with Crippen LogP contribution in [0.5, 0.6) is 0 Å². The molecule has 1 saturated heterocycles. The molecule has 4 nitrogen and oxygen atoms in total. The summed E-state index contributed by atoms with van der Waals surface area (Å²) in [6, 6.07) is 7.30. The van der Waals surface area contributed by atoms with Crippen LogP contribution < -0.4 is 0 Å². The molecular formula is C12H11NO3. The van der Waals surface area contributed by atoms with E-state index in [4.69, 9.17) is 4.74 Å². The second-order valence-electron chi connectivity index (χ2n) is 4.03. The fourth-order valence-corrected chi connectivity index (χ4v) is 2.26. The van der Waals surface area contributed by atoms with Crippen molar-refractivity contribution in [3.05, 3.63) is 35.4 Å². The summed E-state index contributed by atoms with van der Waals surface area (Å²) in [5.74, 6) is -0.257. The monoisotopic (exact) mass is 217 g/mol. The highest BCUT2D eigenvalue weighted by atomic mass is 16.6. The fraction of sp³-hybridized carbons (Fsp3) is 0.333. The highest BCUT2D eigenvalue weighted by molar-refractivity contribution is 5.99. The lowest BCUT2D eigenvalue weighted by atomic mass is 10.1. The van der Waals surface area contributed by atoms with Crippen LogP contribution in [0.3, 0.4) is 0 Å². The smallest absolute Gasteiger partial charge is 0.308 e. The van der Waals surface area contributed by atoms with E-state index in [1.165, 1.54) is 0 Å². The Bertz CT molecular complexity index is 469. The van der Waals surface area contributed by atoms with Crippen molar-refractivity contribution in [2.45, 2.75) is 19.1 Å². The third-order valence-electron chi connectivity index (χ3n) is 3.02. The van der Waals surface area contributed by atoms with Crippen molar-refractivity contribution in [3.8, 4) is 0 Å². The number of benzene rings is 1. The summed E-state index contributed by atoms with van der Waals surface area (Å²) in [5, 5.41) is 0. The van der Waals surface area contributed by atoms with E-state index < -0.39 is 6.23 Å². The number of carbonyl (C=O) groups is 2. The van der Waals surface area contributed by atoms with Gasteiger partial charge in [0.1, 0.15) is 0 Å². The van der Waals surface area contributed by atoms with Crippen LogP contribution in [0.15, 0.2) is 24.3 Å². The predicted octanol–water partition coefficient (Wildman–Crippen LogP) is 1.48. The zero-order valence-electron chi connectivity index (χ0n) is 8.68. The highest BCUT2D eigenvalue weighted by Crippen LogP contribution is 2.36. The topological polar surface area (TPSA) is 46.6 Å². The van der Waals surface area contributed by atoms with Crippen LogP contribution in [0.1, 0.15) is 35.0 Å². The number of hydrogen-bond donors (Lipinski definition) is 0. The Morgan fingerprint density at radius 3 is 2.94 bits per heavy atom. The van der Waals surface area contributed by atoms with Gasteiger partial charge < -0.3 is 4.74 Å². The van der Waals surface area contributed by atoms with E-state index in [9.17, 15) is 9.59 Å². The molecule has 2 aliphatic rings. The Kier molecular flexibility index (Phi) is 1.96. The van der Waals surface area contributed by atoms with Crippen LogP contribution in [-0.4, -0.2) is 23.3 Å². The number of fused-ring (bicyclic) bond motifs is 3. The van der Waals surface area contributed by atoms with Crippen molar-refractivity contribution in [2.24, 2.45) is 0 Å². The first-order chi connectivity index (χ1) is 7.77. The molecule has 2 aliphatic heterocycles. The first kappa shape index (κ1) is 9.39. The number of carbonyl (C=O) groups excluding carboxylic acids is 2. The van der Waals surface area contributed by atoms with Crippen molar-refractivity contribution >= 4 is 11.9 Å². The molecule has 0 aromatic heterocycles. The van der Waals surface area contributed by atoms with Gasteiger partial charge in [0.15, 0.2) is 0 Å². The molecule has 3 rings (SSSR count). The van der Waals surface area contributed by atoms with Gasteiger partial charge in [-0.1, -0.05) is 18.2 Å². The lowest BCUT2D eigenvalue weighted by molar-refractivity contribution is -0.153. The van der Waals surface area contributed by atoms with Crippen LogP contribution in [0.25, 0.3) is 0 Å². The Morgan fingerprint density at radius 1 is 1.25 bits per heavy atom. The van der Waals surface area contributed by atoms with Gasteiger partial charge in [-0.05, 0) is 12.5 Å². The number of amides is 1. The summed E-state index contributed by atoms with van der Waals surface area (Å²) in [6.45, 7) is 0.587. The maximum atomic E-state index is 12.0. The molecule has 1 amide bonds. The summed E-state index contributed by atoms with van der Waals surface area (Å²) in [7, 11) is 0. The molecular weight excluding hydrogens is 206 g/mol. The minimum Gasteiger partial charge on any atom is -0.437 e. The van der Waals surface area contributed by atoms with Gasteiger partial charge in [-0.25, -0.2) is 0 Å². The number of esters is 1. The molecule has 0 bridgehead atoms. The minimum atomic E-state index is -0.501. The van der Waals surface area contributed by atoms with E-state index in [1.807, 2.05) is 18.2 Å². The zero-order chi connectivity index (χ0) is 11.1. The molecule has 0 saturated carbocycles. The maximum absolute atomic E-state index is 12.0. The summed E-state index contributed by atoms with van der Waals surface area (Å²) in [4.78, 5) is 25.0. The van der Waals surface area contributed by atoms with Crippen molar-refractivity contribution < 1.29 is 14.3 Å². The summed E-state index contributed by atoms with van der Waals surface area (Å²) >= 11 is 0. The van der Waals surface area contributed by atoms with Gasteiger partial charge >= 0.3 is 5.97 Å². The SMILES string of the molecule is O=C1CCCN2C(=O)c3ccccc3C2O1. The Hall–Kier alpha value is -1.84. The molecule has 0 spiro atoms. The maximum Gasteiger partial charge on any atom is 0.308 e. The van der Waals surface area contributed by atoms with Crippen LogP contribution >= 0.6 is 0 Å². The van der Waals surface area contributed by atoms with Crippen molar-refractivity contribution in [3.63, 3.8) is 0 Å². The lowest BCUT2D eigenvalue weighted by Crippen LogP contribution is -2.29. The van der Waals surface area contributed by atoms with Crippen LogP contribution in [0.2, 0.25) is 0 Å². The first-order valence-electron chi connectivity index (χ1n) is 5.37. The van der Waals surface area contributed by atoms with E-state index in [-0.39, 0.29) is 11.9 Å². The number of hydrogen-bond acceptors (Lipinski definition) is 3. The lowest BCUT2D eigenvalue weighted by Gasteiger charge is -2.21. The van der Waals surface area contributed by atoms with Crippen molar-refractivity contribution in [2.75, 3.05) is 6.54 Å². The number of ether oxygens (including phenoxy) is 1. The summed E-state index contributed by atoms with van der Waals surface area (Å²) in [5.41, 5.74) is 1.46. The molecule has 1 unspecified atom stereocenters. The van der Waals surface area contributed by atoms with Gasteiger partial charge in [0, 0.05) is 24.1 Å². The predicted molar refractivity (Wildman–Crippen MR) is 55.5 cm³/mol. The molecule has 4 heteroatoms. The van der Waals surface area contributed by atoms with E-state index in [0.29, 0.717) is 24.9 Å². The van der Waals surface area contributed by atoms with Crippen LogP contribution in [-0.2, 0) is 9.53 Å². The van der Waals surface area contributed by atoms with Crippen LogP contribution in [0, 0.1) is 0 Å². The molecule has 1 atom stereocenters. The van der Waals surface area contributed by atoms with Gasteiger partial charge in [-0.15, -0.1) is 0 Å². The molecule has 2 heterocycles. The van der Waals surface area contributed by atoms with E-state index in [1.54, 1.807) is 11.0 Å². The highest BCUT2D eigenvalue weighted by Gasteiger charge is 2.39. The van der Waals surface area contributed by atoms with E-state index in [2.05, 4.69) is 0 Å². The molecule has 82 valence electrons. The van der Waals surface area contributed by atoms with Gasteiger partial charge in [-0.3, -0.25) is 14.5 Å². The van der Waals surface area contributed by atoms with Gasteiger partial charge in [0.05, 0.1) is 0 Å². The standard InChI is InChI=1S/C12H11NO3/c14-10-6-3-7-13-11(15)8-4-1-2-5-9(8)12(13)16-10/h1-2,4-5,12H,3,6-7H2. The summed E-state index contributed by atoms with van der Waals surface area (Å²) < 4.78 is 5.30.